The number of aromatic nitrogens is 1. The predicted molar refractivity (Wildman–Crippen MR) is 43.0 cm³/mol. The predicted octanol–water partition coefficient (Wildman–Crippen LogP) is 2.65. The minimum atomic E-state index is -0.366. The second-order valence-electron chi connectivity index (χ2n) is 3.03. The maximum absolute atomic E-state index is 12.7. The molecule has 1 nitrogen and oxygen atoms in total. The highest BCUT2D eigenvalue weighted by atomic mass is 19.1. The number of hydrogen-bond acceptors (Lipinski definition) is 1. The molecule has 60 valence electrons. The van der Waals surface area contributed by atoms with Gasteiger partial charge in [0, 0.05) is 11.8 Å². The van der Waals surface area contributed by atoms with E-state index in [4.69, 9.17) is 0 Å². The van der Waals surface area contributed by atoms with Crippen LogP contribution in [0, 0.1) is 12.9 Å². The molecule has 0 amide bonds. The summed E-state index contributed by atoms with van der Waals surface area (Å²) in [4.78, 5) is 3.63. The summed E-state index contributed by atoms with van der Waals surface area (Å²) in [5.74, 6) is 0.0520. The molecule has 0 unspecified atom stereocenters. The maximum atomic E-state index is 12.7. The average Bonchev–Trinajstić information content (AvgIpc) is 1.94. The fourth-order valence-corrected chi connectivity index (χ4v) is 0.896. The average molecular weight is 153 g/mol. The van der Waals surface area contributed by atoms with Gasteiger partial charge in [-0.05, 0) is 24.5 Å². The van der Waals surface area contributed by atoms with Crippen LogP contribution in [0.25, 0.3) is 0 Å². The normalized spacial score (nSPS) is 10.6. The van der Waals surface area contributed by atoms with Gasteiger partial charge in [0.25, 0.3) is 0 Å². The number of halogens is 1. The Morgan fingerprint density at radius 1 is 1.45 bits per heavy atom. The lowest BCUT2D eigenvalue weighted by Gasteiger charge is -2.04. The summed E-state index contributed by atoms with van der Waals surface area (Å²) in [6.07, 6.45) is 1.59. The fourth-order valence-electron chi connectivity index (χ4n) is 0.896. The Balaban J connectivity index is 3.05. The van der Waals surface area contributed by atoms with Crippen molar-refractivity contribution in [1.29, 1.82) is 0 Å². The van der Waals surface area contributed by atoms with Crippen molar-refractivity contribution in [1.82, 2.24) is 4.98 Å². The Bertz CT molecular complexity index is 256. The van der Waals surface area contributed by atoms with Crippen LogP contribution in [0.4, 0.5) is 4.39 Å². The van der Waals surface area contributed by atoms with Crippen LogP contribution in [0.3, 0.4) is 0 Å². The third-order valence-corrected chi connectivity index (χ3v) is 1.70. The lowest BCUT2D eigenvalue weighted by molar-refractivity contribution is 0.571. The summed E-state index contributed by atoms with van der Waals surface area (Å²) in [5, 5.41) is 0. The summed E-state index contributed by atoms with van der Waals surface area (Å²) < 4.78 is 12.7. The second kappa shape index (κ2) is 2.99. The Labute approximate surface area is 66.3 Å². The van der Waals surface area contributed by atoms with Crippen LogP contribution in [-0.2, 0) is 0 Å². The molecule has 0 aliphatic heterocycles. The maximum Gasteiger partial charge on any atom is 0.215 e. The standard InChI is InChI=1S/C9H12FN/c1-6(2)8-4-7(3)9(10)11-5-8/h4-6H,1-3H3. The van der Waals surface area contributed by atoms with Gasteiger partial charge < -0.3 is 0 Å². The van der Waals surface area contributed by atoms with Crippen LogP contribution in [0.1, 0.15) is 30.9 Å². The van der Waals surface area contributed by atoms with Crippen molar-refractivity contribution in [3.63, 3.8) is 0 Å². The first kappa shape index (κ1) is 8.18. The molecular weight excluding hydrogens is 141 g/mol. The van der Waals surface area contributed by atoms with Crippen LogP contribution < -0.4 is 0 Å². The molecule has 1 aromatic heterocycles. The van der Waals surface area contributed by atoms with Gasteiger partial charge in [0.2, 0.25) is 5.95 Å². The van der Waals surface area contributed by atoms with Gasteiger partial charge in [-0.15, -0.1) is 0 Å². The third-order valence-electron chi connectivity index (χ3n) is 1.70. The minimum absolute atomic E-state index is 0.366. The number of pyridine rings is 1. The quantitative estimate of drug-likeness (QED) is 0.565. The Morgan fingerprint density at radius 2 is 2.09 bits per heavy atom. The number of aryl methyl sites for hydroxylation is 1. The van der Waals surface area contributed by atoms with E-state index in [2.05, 4.69) is 18.8 Å². The minimum Gasteiger partial charge on any atom is -0.228 e. The third kappa shape index (κ3) is 1.76. The van der Waals surface area contributed by atoms with Crippen LogP contribution in [-0.4, -0.2) is 4.98 Å². The highest BCUT2D eigenvalue weighted by molar-refractivity contribution is 5.20. The molecule has 0 radical (unpaired) electrons. The second-order valence-corrected chi connectivity index (χ2v) is 3.03. The first-order valence-corrected chi connectivity index (χ1v) is 3.73. The van der Waals surface area contributed by atoms with Gasteiger partial charge in [-0.1, -0.05) is 13.8 Å². The van der Waals surface area contributed by atoms with Crippen molar-refractivity contribution in [2.75, 3.05) is 0 Å². The Kier molecular flexibility index (Phi) is 2.22. The highest BCUT2D eigenvalue weighted by Gasteiger charge is 2.02. The molecule has 2 heteroatoms. The zero-order chi connectivity index (χ0) is 8.43. The molecule has 0 atom stereocenters. The molecule has 0 fully saturated rings. The number of hydrogen-bond donors (Lipinski definition) is 0. The van der Waals surface area contributed by atoms with Gasteiger partial charge in [0.1, 0.15) is 0 Å². The van der Waals surface area contributed by atoms with E-state index in [-0.39, 0.29) is 5.95 Å². The molecule has 1 heterocycles. The van der Waals surface area contributed by atoms with E-state index in [1.54, 1.807) is 13.1 Å². The molecule has 0 aliphatic carbocycles. The number of rotatable bonds is 1. The molecule has 0 saturated carbocycles. The van der Waals surface area contributed by atoms with Gasteiger partial charge in [0.05, 0.1) is 0 Å². The molecule has 11 heavy (non-hydrogen) atoms. The van der Waals surface area contributed by atoms with Crippen molar-refractivity contribution in [2.24, 2.45) is 0 Å². The summed E-state index contributed by atoms with van der Waals surface area (Å²) >= 11 is 0. The molecular formula is C9H12FN. The van der Waals surface area contributed by atoms with Crippen molar-refractivity contribution in [3.8, 4) is 0 Å². The molecule has 0 N–H and O–H groups in total. The number of nitrogens with zero attached hydrogens (tertiary/aromatic N) is 1. The van der Waals surface area contributed by atoms with E-state index < -0.39 is 0 Å². The summed E-state index contributed by atoms with van der Waals surface area (Å²) in [6, 6.07) is 1.84. The highest BCUT2D eigenvalue weighted by Crippen LogP contribution is 2.14. The van der Waals surface area contributed by atoms with E-state index in [9.17, 15) is 4.39 Å². The van der Waals surface area contributed by atoms with Crippen LogP contribution in [0.2, 0.25) is 0 Å². The summed E-state index contributed by atoms with van der Waals surface area (Å²) in [7, 11) is 0. The lowest BCUT2D eigenvalue weighted by Crippen LogP contribution is -1.93. The summed E-state index contributed by atoms with van der Waals surface area (Å²) in [5.41, 5.74) is 1.71. The van der Waals surface area contributed by atoms with E-state index in [1.807, 2.05) is 6.07 Å². The first-order valence-electron chi connectivity index (χ1n) is 3.73. The monoisotopic (exact) mass is 153 g/mol. The van der Waals surface area contributed by atoms with Gasteiger partial charge in [0.15, 0.2) is 0 Å². The molecule has 0 aromatic carbocycles. The smallest absolute Gasteiger partial charge is 0.215 e. The van der Waals surface area contributed by atoms with Crippen molar-refractivity contribution in [3.05, 3.63) is 29.3 Å². The van der Waals surface area contributed by atoms with Gasteiger partial charge in [-0.3, -0.25) is 0 Å². The fraction of sp³-hybridized carbons (Fsp3) is 0.444. The molecule has 0 saturated heterocycles. The van der Waals surface area contributed by atoms with Crippen LogP contribution in [0.15, 0.2) is 12.3 Å². The van der Waals surface area contributed by atoms with Crippen LogP contribution >= 0.6 is 0 Å². The van der Waals surface area contributed by atoms with E-state index in [0.29, 0.717) is 11.5 Å². The van der Waals surface area contributed by atoms with Crippen molar-refractivity contribution in [2.45, 2.75) is 26.7 Å². The van der Waals surface area contributed by atoms with Crippen molar-refractivity contribution >= 4 is 0 Å². The summed E-state index contributed by atoms with van der Waals surface area (Å²) in [6.45, 7) is 5.86. The van der Waals surface area contributed by atoms with Gasteiger partial charge in [-0.25, -0.2) is 4.98 Å². The molecule has 0 bridgehead atoms. The van der Waals surface area contributed by atoms with E-state index >= 15 is 0 Å². The SMILES string of the molecule is Cc1cc(C(C)C)cnc1F. The zero-order valence-electron chi connectivity index (χ0n) is 7.06. The topological polar surface area (TPSA) is 12.9 Å². The van der Waals surface area contributed by atoms with Gasteiger partial charge >= 0.3 is 0 Å². The lowest BCUT2D eigenvalue weighted by atomic mass is 10.0. The van der Waals surface area contributed by atoms with Crippen LogP contribution in [0.5, 0.6) is 0 Å². The first-order chi connectivity index (χ1) is 5.11. The Morgan fingerprint density at radius 3 is 2.55 bits per heavy atom. The molecule has 1 rings (SSSR count). The van der Waals surface area contributed by atoms with E-state index in [1.165, 1.54) is 0 Å². The Hall–Kier alpha value is -0.920. The van der Waals surface area contributed by atoms with Crippen molar-refractivity contribution < 1.29 is 4.39 Å². The molecule has 0 spiro atoms. The zero-order valence-corrected chi connectivity index (χ0v) is 7.06. The van der Waals surface area contributed by atoms with E-state index in [0.717, 1.165) is 5.56 Å². The van der Waals surface area contributed by atoms with Gasteiger partial charge in [-0.2, -0.15) is 4.39 Å². The molecule has 0 aliphatic rings. The molecule has 1 aromatic rings. The largest absolute Gasteiger partial charge is 0.228 e.